The Morgan fingerprint density at radius 2 is 2.33 bits per heavy atom. The van der Waals surface area contributed by atoms with E-state index in [4.69, 9.17) is 0 Å². The molecule has 18 heavy (non-hydrogen) atoms. The van der Waals surface area contributed by atoms with Crippen LogP contribution in [0, 0.1) is 0 Å². The lowest BCUT2D eigenvalue weighted by Crippen LogP contribution is -2.24. The third-order valence-electron chi connectivity index (χ3n) is 3.08. The summed E-state index contributed by atoms with van der Waals surface area (Å²) in [5, 5.41) is 0. The van der Waals surface area contributed by atoms with Crippen LogP contribution in [0.1, 0.15) is 17.5 Å². The van der Waals surface area contributed by atoms with Gasteiger partial charge >= 0.3 is 0 Å². The fourth-order valence-electron chi connectivity index (χ4n) is 2.22. The van der Waals surface area contributed by atoms with Gasteiger partial charge in [0.15, 0.2) is 0 Å². The quantitative estimate of drug-likeness (QED) is 0.652. The lowest BCUT2D eigenvalue weighted by Gasteiger charge is -2.27. The maximum atomic E-state index is 11.2. The molecule has 1 aromatic carbocycles. The highest BCUT2D eigenvalue weighted by Crippen LogP contribution is 2.27. The molecular weight excluding hydrogens is 228 g/mol. The lowest BCUT2D eigenvalue weighted by molar-refractivity contribution is -0.126. The van der Waals surface area contributed by atoms with Gasteiger partial charge in [-0.05, 0) is 42.2 Å². The zero-order chi connectivity index (χ0) is 13.0. The van der Waals surface area contributed by atoms with Crippen molar-refractivity contribution in [3.8, 4) is 0 Å². The highest BCUT2D eigenvalue weighted by atomic mass is 16.6. The summed E-state index contributed by atoms with van der Waals surface area (Å²) in [6, 6.07) is 6.28. The average Bonchev–Trinajstić information content (AvgIpc) is 2.37. The van der Waals surface area contributed by atoms with Crippen LogP contribution in [0.4, 0.5) is 5.69 Å². The Labute approximate surface area is 107 Å². The van der Waals surface area contributed by atoms with Crippen molar-refractivity contribution in [2.75, 3.05) is 25.6 Å². The SMILES string of the molecule is CONC(=O)/C=C/c1ccc2c(c1)CCCN2C. The van der Waals surface area contributed by atoms with E-state index in [-0.39, 0.29) is 5.91 Å². The molecule has 4 nitrogen and oxygen atoms in total. The van der Waals surface area contributed by atoms with E-state index >= 15 is 0 Å². The van der Waals surface area contributed by atoms with Gasteiger partial charge in [-0.2, -0.15) is 0 Å². The van der Waals surface area contributed by atoms with Crippen LogP contribution in [0.25, 0.3) is 6.08 Å². The number of carbonyl (C=O) groups is 1. The third-order valence-corrected chi connectivity index (χ3v) is 3.08. The standard InChI is InChI=1S/C14H18N2O2/c1-16-9-3-4-12-10-11(5-7-13(12)16)6-8-14(17)15-18-2/h5-8,10H,3-4,9H2,1-2H3,(H,15,17)/b8-6+. The van der Waals surface area contributed by atoms with Crippen molar-refractivity contribution in [1.82, 2.24) is 5.48 Å². The normalized spacial score (nSPS) is 14.7. The molecule has 0 aliphatic carbocycles. The fourth-order valence-corrected chi connectivity index (χ4v) is 2.22. The van der Waals surface area contributed by atoms with Crippen molar-refractivity contribution in [2.45, 2.75) is 12.8 Å². The number of nitrogens with one attached hydrogen (secondary N) is 1. The fraction of sp³-hybridized carbons (Fsp3) is 0.357. The van der Waals surface area contributed by atoms with Gasteiger partial charge in [0, 0.05) is 25.4 Å². The monoisotopic (exact) mass is 246 g/mol. The number of fused-ring (bicyclic) bond motifs is 1. The number of hydroxylamine groups is 1. The van der Waals surface area contributed by atoms with Crippen molar-refractivity contribution < 1.29 is 9.63 Å². The van der Waals surface area contributed by atoms with Crippen LogP contribution in [0.15, 0.2) is 24.3 Å². The summed E-state index contributed by atoms with van der Waals surface area (Å²) in [6.45, 7) is 1.11. The molecule has 4 heteroatoms. The topological polar surface area (TPSA) is 41.6 Å². The average molecular weight is 246 g/mol. The largest absolute Gasteiger partial charge is 0.374 e. The lowest BCUT2D eigenvalue weighted by atomic mass is 9.99. The Bertz CT molecular complexity index is 469. The summed E-state index contributed by atoms with van der Waals surface area (Å²) in [5.74, 6) is -0.257. The Balaban J connectivity index is 2.14. The first kappa shape index (κ1) is 12.6. The number of nitrogens with zero attached hydrogens (tertiary/aromatic N) is 1. The third kappa shape index (κ3) is 2.90. The van der Waals surface area contributed by atoms with Crippen LogP contribution in [0.5, 0.6) is 0 Å². The minimum atomic E-state index is -0.257. The van der Waals surface area contributed by atoms with Crippen LogP contribution < -0.4 is 10.4 Å². The van der Waals surface area contributed by atoms with Crippen LogP contribution in [0.2, 0.25) is 0 Å². The van der Waals surface area contributed by atoms with E-state index < -0.39 is 0 Å². The predicted octanol–water partition coefficient (Wildman–Crippen LogP) is 1.76. The number of aryl methyl sites for hydroxylation is 1. The van der Waals surface area contributed by atoms with Gasteiger partial charge in [0.1, 0.15) is 0 Å². The van der Waals surface area contributed by atoms with E-state index in [2.05, 4.69) is 34.4 Å². The van der Waals surface area contributed by atoms with Crippen LogP contribution in [0.3, 0.4) is 0 Å². The van der Waals surface area contributed by atoms with Crippen LogP contribution >= 0.6 is 0 Å². The first-order valence-electron chi connectivity index (χ1n) is 6.06. The zero-order valence-corrected chi connectivity index (χ0v) is 10.8. The molecular formula is C14H18N2O2. The molecule has 0 saturated carbocycles. The molecule has 0 fully saturated rings. The summed E-state index contributed by atoms with van der Waals surface area (Å²) in [4.78, 5) is 18.0. The van der Waals surface area contributed by atoms with Crippen molar-refractivity contribution in [3.63, 3.8) is 0 Å². The Morgan fingerprint density at radius 1 is 1.50 bits per heavy atom. The van der Waals surface area contributed by atoms with Crippen molar-refractivity contribution >= 4 is 17.7 Å². The molecule has 0 bridgehead atoms. The number of hydrogen-bond acceptors (Lipinski definition) is 3. The van der Waals surface area contributed by atoms with E-state index in [1.807, 2.05) is 6.07 Å². The van der Waals surface area contributed by atoms with Gasteiger partial charge < -0.3 is 4.90 Å². The second-order valence-corrected chi connectivity index (χ2v) is 4.42. The van der Waals surface area contributed by atoms with Gasteiger partial charge in [-0.25, -0.2) is 5.48 Å². The predicted molar refractivity (Wildman–Crippen MR) is 72.2 cm³/mol. The van der Waals surface area contributed by atoms with Gasteiger partial charge in [-0.3, -0.25) is 9.63 Å². The molecule has 96 valence electrons. The molecule has 0 spiro atoms. The maximum absolute atomic E-state index is 11.2. The summed E-state index contributed by atoms with van der Waals surface area (Å²) < 4.78 is 0. The van der Waals surface area contributed by atoms with Gasteiger partial charge in [-0.15, -0.1) is 0 Å². The molecule has 0 radical (unpaired) electrons. The van der Waals surface area contributed by atoms with Gasteiger partial charge in [0.2, 0.25) is 0 Å². The minimum Gasteiger partial charge on any atom is -0.374 e. The van der Waals surface area contributed by atoms with E-state index in [1.165, 1.54) is 30.9 Å². The van der Waals surface area contributed by atoms with E-state index in [0.717, 1.165) is 18.5 Å². The summed E-state index contributed by atoms with van der Waals surface area (Å²) in [5.41, 5.74) is 5.93. The smallest absolute Gasteiger partial charge is 0.267 e. The van der Waals surface area contributed by atoms with Crippen molar-refractivity contribution in [2.24, 2.45) is 0 Å². The number of hydrogen-bond donors (Lipinski definition) is 1. The van der Waals surface area contributed by atoms with Crippen LogP contribution in [-0.2, 0) is 16.1 Å². The molecule has 0 aromatic heterocycles. The molecule has 1 aliphatic heterocycles. The Morgan fingerprint density at radius 3 is 3.11 bits per heavy atom. The molecule has 0 saturated heterocycles. The molecule has 1 aromatic rings. The number of carbonyl (C=O) groups excluding carboxylic acids is 1. The summed E-state index contributed by atoms with van der Waals surface area (Å²) >= 11 is 0. The molecule has 1 amide bonds. The number of anilines is 1. The van der Waals surface area contributed by atoms with Crippen LogP contribution in [-0.4, -0.2) is 26.6 Å². The first-order valence-corrected chi connectivity index (χ1v) is 6.06. The molecule has 0 atom stereocenters. The van der Waals surface area contributed by atoms with E-state index in [1.54, 1.807) is 6.08 Å². The molecule has 1 heterocycles. The molecule has 1 aliphatic rings. The zero-order valence-electron chi connectivity index (χ0n) is 10.8. The van der Waals surface area contributed by atoms with E-state index in [9.17, 15) is 4.79 Å². The van der Waals surface area contributed by atoms with Gasteiger partial charge in [0.25, 0.3) is 5.91 Å². The highest BCUT2D eigenvalue weighted by molar-refractivity contribution is 5.91. The van der Waals surface area contributed by atoms with Crippen molar-refractivity contribution in [3.05, 3.63) is 35.4 Å². The second-order valence-electron chi connectivity index (χ2n) is 4.42. The first-order chi connectivity index (χ1) is 8.70. The molecule has 0 unspecified atom stereocenters. The Kier molecular flexibility index (Phi) is 3.99. The number of rotatable bonds is 3. The van der Waals surface area contributed by atoms with Crippen molar-refractivity contribution in [1.29, 1.82) is 0 Å². The molecule has 1 N–H and O–H groups in total. The van der Waals surface area contributed by atoms with Gasteiger partial charge in [0.05, 0.1) is 7.11 Å². The summed E-state index contributed by atoms with van der Waals surface area (Å²) in [6.07, 6.45) is 5.55. The summed E-state index contributed by atoms with van der Waals surface area (Å²) in [7, 11) is 3.53. The number of amides is 1. The minimum absolute atomic E-state index is 0.257. The second kappa shape index (κ2) is 5.69. The number of benzene rings is 1. The maximum Gasteiger partial charge on any atom is 0.267 e. The van der Waals surface area contributed by atoms with Gasteiger partial charge in [-0.1, -0.05) is 6.07 Å². The van der Waals surface area contributed by atoms with E-state index in [0.29, 0.717) is 0 Å². The highest BCUT2D eigenvalue weighted by Gasteiger charge is 2.12. The Hall–Kier alpha value is -1.81. The molecule has 2 rings (SSSR count).